The Labute approximate surface area is 104 Å². The van der Waals surface area contributed by atoms with Crippen LogP contribution in [-0.2, 0) is 0 Å². The smallest absolute Gasteiger partial charge is 0.283 e. The summed E-state index contributed by atoms with van der Waals surface area (Å²) in [6.07, 6.45) is 3.31. The van der Waals surface area contributed by atoms with E-state index in [1.165, 1.54) is 0 Å². The molecule has 0 radical (unpaired) electrons. The zero-order valence-corrected chi connectivity index (χ0v) is 9.58. The van der Waals surface area contributed by atoms with E-state index in [9.17, 15) is 0 Å². The van der Waals surface area contributed by atoms with E-state index in [0.717, 1.165) is 11.3 Å². The highest BCUT2D eigenvalue weighted by Gasteiger charge is 1.99. The van der Waals surface area contributed by atoms with Gasteiger partial charge >= 0.3 is 0 Å². The third kappa shape index (κ3) is 3.14. The molecule has 0 unspecified atom stereocenters. The van der Waals surface area contributed by atoms with E-state index in [1.807, 2.05) is 24.3 Å². The fourth-order valence-corrected chi connectivity index (χ4v) is 1.24. The van der Waals surface area contributed by atoms with E-state index in [2.05, 4.69) is 37.7 Å². The van der Waals surface area contributed by atoms with Crippen molar-refractivity contribution in [1.82, 2.24) is 20.6 Å². The van der Waals surface area contributed by atoms with Crippen molar-refractivity contribution >= 4 is 12.2 Å². The predicted molar refractivity (Wildman–Crippen MR) is 67.5 cm³/mol. The van der Waals surface area contributed by atoms with Crippen molar-refractivity contribution in [2.24, 2.45) is 5.10 Å². The Hall–Kier alpha value is -2.70. The highest BCUT2D eigenvalue weighted by molar-refractivity contribution is 5.83. The van der Waals surface area contributed by atoms with Crippen LogP contribution in [0.15, 0.2) is 42.0 Å². The van der Waals surface area contributed by atoms with Gasteiger partial charge in [-0.1, -0.05) is 29.9 Å². The molecule has 2 N–H and O–H groups in total. The summed E-state index contributed by atoms with van der Waals surface area (Å²) in [5, 5.41) is 17.1. The van der Waals surface area contributed by atoms with Crippen LogP contribution in [0.3, 0.4) is 0 Å². The fourth-order valence-electron chi connectivity index (χ4n) is 1.24. The molecule has 1 heterocycles. The molecule has 0 atom stereocenters. The predicted octanol–water partition coefficient (Wildman–Crippen LogP) is 1.21. The number of aromatic nitrogens is 4. The molecule has 92 valence electrons. The van der Waals surface area contributed by atoms with Gasteiger partial charge in [-0.25, -0.2) is 5.43 Å². The summed E-state index contributed by atoms with van der Waals surface area (Å²) < 4.78 is 5.49. The van der Waals surface area contributed by atoms with Crippen molar-refractivity contribution in [3.05, 3.63) is 42.5 Å². The van der Waals surface area contributed by atoms with Crippen LogP contribution < -0.4 is 10.2 Å². The topological polar surface area (TPSA) is 88.1 Å². The van der Waals surface area contributed by atoms with Crippen LogP contribution in [0.25, 0.3) is 0 Å². The van der Waals surface area contributed by atoms with Crippen LogP contribution in [-0.4, -0.2) is 33.4 Å². The summed E-state index contributed by atoms with van der Waals surface area (Å²) >= 11 is 0. The maximum atomic E-state index is 5.49. The monoisotopic (exact) mass is 244 g/mol. The number of hydrogen-bond acceptors (Lipinski definition) is 6. The number of tetrazole rings is 1. The average molecular weight is 244 g/mol. The molecule has 0 fully saturated rings. The normalized spacial score (nSPS) is 10.4. The quantitative estimate of drug-likeness (QED) is 0.453. The van der Waals surface area contributed by atoms with Gasteiger partial charge in [-0.2, -0.15) is 10.3 Å². The number of anilines is 1. The van der Waals surface area contributed by atoms with Gasteiger partial charge in [0.15, 0.2) is 0 Å². The second-order valence-corrected chi connectivity index (χ2v) is 3.24. The number of rotatable bonds is 6. The van der Waals surface area contributed by atoms with Gasteiger partial charge in [-0.3, -0.25) is 0 Å². The van der Waals surface area contributed by atoms with Crippen molar-refractivity contribution in [3.8, 4) is 5.75 Å². The number of hydrazone groups is 1. The molecule has 18 heavy (non-hydrogen) atoms. The number of H-pyrrole nitrogens is 1. The summed E-state index contributed by atoms with van der Waals surface area (Å²) in [6.45, 7) is 4.05. The fraction of sp³-hybridized carbons (Fsp3) is 0.0909. The van der Waals surface area contributed by atoms with Crippen LogP contribution in [0.1, 0.15) is 5.56 Å². The van der Waals surface area contributed by atoms with Gasteiger partial charge < -0.3 is 4.74 Å². The number of aromatic amines is 1. The third-order valence-electron chi connectivity index (χ3n) is 1.99. The molecule has 1 aromatic carbocycles. The van der Waals surface area contributed by atoms with E-state index in [4.69, 9.17) is 4.74 Å². The van der Waals surface area contributed by atoms with Gasteiger partial charge in [0.25, 0.3) is 5.95 Å². The van der Waals surface area contributed by atoms with Crippen LogP contribution in [0.4, 0.5) is 5.95 Å². The summed E-state index contributed by atoms with van der Waals surface area (Å²) in [5.41, 5.74) is 3.48. The summed E-state index contributed by atoms with van der Waals surface area (Å²) in [5.74, 6) is 1.03. The molecule has 0 spiro atoms. The molecule has 0 saturated heterocycles. The number of benzene rings is 1. The lowest BCUT2D eigenvalue weighted by atomic mass is 10.2. The molecule has 0 saturated carbocycles. The number of para-hydroxylation sites is 1. The Balaban J connectivity index is 2.03. The second kappa shape index (κ2) is 6.14. The van der Waals surface area contributed by atoms with E-state index < -0.39 is 0 Å². The molecule has 0 aliphatic carbocycles. The lowest BCUT2D eigenvalue weighted by Gasteiger charge is -2.05. The Bertz CT molecular complexity index is 522. The molecular weight excluding hydrogens is 232 g/mol. The maximum Gasteiger partial charge on any atom is 0.283 e. The van der Waals surface area contributed by atoms with Crippen molar-refractivity contribution in [3.63, 3.8) is 0 Å². The van der Waals surface area contributed by atoms with Crippen molar-refractivity contribution in [2.75, 3.05) is 12.0 Å². The summed E-state index contributed by atoms with van der Waals surface area (Å²) in [7, 11) is 0. The van der Waals surface area contributed by atoms with E-state index >= 15 is 0 Å². The first-order chi connectivity index (χ1) is 8.90. The van der Waals surface area contributed by atoms with E-state index in [-0.39, 0.29) is 0 Å². The Morgan fingerprint density at radius 1 is 1.44 bits per heavy atom. The first-order valence-electron chi connectivity index (χ1n) is 5.25. The average Bonchev–Trinajstić information content (AvgIpc) is 2.91. The molecular formula is C11H12N6O. The number of nitrogens with zero attached hydrogens (tertiary/aromatic N) is 4. The minimum absolute atomic E-state index is 0.302. The van der Waals surface area contributed by atoms with Crippen molar-refractivity contribution in [1.29, 1.82) is 0 Å². The van der Waals surface area contributed by atoms with E-state index in [0.29, 0.717) is 12.6 Å². The largest absolute Gasteiger partial charge is 0.489 e. The Kier molecular flexibility index (Phi) is 4.02. The van der Waals surface area contributed by atoms with Gasteiger partial charge in [0.05, 0.1) is 6.21 Å². The zero-order chi connectivity index (χ0) is 12.6. The van der Waals surface area contributed by atoms with Crippen molar-refractivity contribution < 1.29 is 4.74 Å². The number of nitrogens with one attached hydrogen (secondary N) is 2. The maximum absolute atomic E-state index is 5.49. The van der Waals surface area contributed by atoms with Gasteiger partial charge in [0, 0.05) is 5.56 Å². The molecule has 1 aromatic heterocycles. The first kappa shape index (κ1) is 11.8. The third-order valence-corrected chi connectivity index (χ3v) is 1.99. The van der Waals surface area contributed by atoms with E-state index in [1.54, 1.807) is 12.3 Å². The second-order valence-electron chi connectivity index (χ2n) is 3.24. The van der Waals surface area contributed by atoms with Gasteiger partial charge in [0.1, 0.15) is 12.4 Å². The molecule has 0 amide bonds. The zero-order valence-electron chi connectivity index (χ0n) is 9.58. The minimum atomic E-state index is 0.302. The molecule has 7 heteroatoms. The molecule has 7 nitrogen and oxygen atoms in total. The molecule has 0 bridgehead atoms. The van der Waals surface area contributed by atoms with Crippen LogP contribution in [0.5, 0.6) is 5.75 Å². The van der Waals surface area contributed by atoms with Crippen LogP contribution in [0, 0.1) is 0 Å². The van der Waals surface area contributed by atoms with Crippen LogP contribution >= 0.6 is 0 Å². The number of ether oxygens (including phenoxy) is 1. The standard InChI is InChI=1S/C11H12N6O/c1-2-7-18-10-6-4-3-5-9(10)8-12-13-11-14-16-17-15-11/h2-6,8H,1,7H2,(H2,13,14,15,16,17)/b12-8+. The lowest BCUT2D eigenvalue weighted by Crippen LogP contribution is -1.98. The molecule has 2 rings (SSSR count). The van der Waals surface area contributed by atoms with Gasteiger partial charge in [-0.15, -0.1) is 5.10 Å². The van der Waals surface area contributed by atoms with Crippen molar-refractivity contribution in [2.45, 2.75) is 0 Å². The minimum Gasteiger partial charge on any atom is -0.489 e. The van der Waals surface area contributed by atoms with Gasteiger partial charge in [0.2, 0.25) is 0 Å². The number of hydrogen-bond donors (Lipinski definition) is 2. The highest BCUT2D eigenvalue weighted by Crippen LogP contribution is 2.15. The SMILES string of the molecule is C=CCOc1ccccc1/C=N/Nc1nn[nH]n1. The first-order valence-corrected chi connectivity index (χ1v) is 5.25. The lowest BCUT2D eigenvalue weighted by molar-refractivity contribution is 0.363. The Morgan fingerprint density at radius 3 is 3.11 bits per heavy atom. The Morgan fingerprint density at radius 2 is 2.33 bits per heavy atom. The van der Waals surface area contributed by atoms with Crippen LogP contribution in [0.2, 0.25) is 0 Å². The molecule has 2 aromatic rings. The summed E-state index contributed by atoms with van der Waals surface area (Å²) in [6, 6.07) is 7.54. The molecule has 0 aliphatic rings. The summed E-state index contributed by atoms with van der Waals surface area (Å²) in [4.78, 5) is 0. The molecule has 0 aliphatic heterocycles. The van der Waals surface area contributed by atoms with Gasteiger partial charge in [-0.05, 0) is 17.3 Å². The highest BCUT2D eigenvalue weighted by atomic mass is 16.5.